The van der Waals surface area contributed by atoms with E-state index in [4.69, 9.17) is 28.2 Å². The number of aliphatic imine (C=N–C) groups is 2. The predicted molar refractivity (Wildman–Crippen MR) is 138 cm³/mol. The Morgan fingerprint density at radius 1 is 0.794 bits per heavy atom. The van der Waals surface area contributed by atoms with Gasteiger partial charge in [0.2, 0.25) is 0 Å². The van der Waals surface area contributed by atoms with Crippen LogP contribution in [-0.2, 0) is 0 Å². The number of phenolic OH excluding ortho intramolecular Hbond substituents is 1. The van der Waals surface area contributed by atoms with Gasteiger partial charge in [-0.2, -0.15) is 0 Å². The number of aromatic hydroxyl groups is 1. The molecule has 5 rings (SSSR count). The van der Waals surface area contributed by atoms with Crippen LogP contribution < -0.4 is 0 Å². The Hall–Kier alpha value is -3.73. The molecule has 0 saturated heterocycles. The second-order valence-corrected chi connectivity index (χ2v) is 8.69. The molecule has 1 unspecified atom stereocenters. The second-order valence-electron chi connectivity index (χ2n) is 7.85. The average molecular weight is 485 g/mol. The lowest BCUT2D eigenvalue weighted by molar-refractivity contribution is 0.0988. The van der Waals surface area contributed by atoms with Crippen molar-refractivity contribution in [2.45, 2.75) is 5.92 Å². The zero-order valence-corrected chi connectivity index (χ0v) is 19.3. The van der Waals surface area contributed by atoms with Crippen LogP contribution in [0.4, 0.5) is 11.4 Å². The van der Waals surface area contributed by atoms with Crippen molar-refractivity contribution in [3.63, 3.8) is 0 Å². The van der Waals surface area contributed by atoms with Crippen molar-refractivity contribution in [1.29, 1.82) is 0 Å². The molecule has 0 heterocycles. The third-order valence-corrected chi connectivity index (χ3v) is 6.15. The van der Waals surface area contributed by atoms with Crippen molar-refractivity contribution in [2.24, 2.45) is 9.98 Å². The number of hydrogen-bond donors (Lipinski definition) is 1. The number of nitrogens with zero attached hydrogens (tertiary/aromatic N) is 2. The molecule has 34 heavy (non-hydrogen) atoms. The summed E-state index contributed by atoms with van der Waals surface area (Å²) in [6, 6.07) is 27.7. The third-order valence-electron chi connectivity index (χ3n) is 5.65. The molecule has 1 aliphatic rings. The number of halogens is 2. The van der Waals surface area contributed by atoms with Crippen LogP contribution in [0.1, 0.15) is 33.0 Å². The van der Waals surface area contributed by atoms with Gasteiger partial charge in [0.25, 0.3) is 0 Å². The Kier molecular flexibility index (Phi) is 6.01. The largest absolute Gasteiger partial charge is 0.506 e. The molecule has 0 spiro atoms. The number of Topliss-reactive ketones (excluding diaryl/α,β-unsaturated/α-hetero) is 1. The maximum Gasteiger partial charge on any atom is 0.176 e. The summed E-state index contributed by atoms with van der Waals surface area (Å²) >= 11 is 12.0. The summed E-state index contributed by atoms with van der Waals surface area (Å²) in [4.78, 5) is 22.5. The average Bonchev–Trinajstić information content (AvgIpc) is 3.13. The van der Waals surface area contributed by atoms with Gasteiger partial charge in [0.1, 0.15) is 5.75 Å². The Morgan fingerprint density at radius 3 is 2.18 bits per heavy atom. The van der Waals surface area contributed by atoms with E-state index in [9.17, 15) is 9.90 Å². The van der Waals surface area contributed by atoms with Crippen LogP contribution in [0, 0.1) is 0 Å². The first-order valence-electron chi connectivity index (χ1n) is 10.6. The Morgan fingerprint density at radius 2 is 1.44 bits per heavy atom. The number of rotatable bonds is 4. The Labute approximate surface area is 206 Å². The fourth-order valence-electron chi connectivity index (χ4n) is 4.02. The van der Waals surface area contributed by atoms with E-state index in [0.717, 1.165) is 16.8 Å². The van der Waals surface area contributed by atoms with Crippen LogP contribution in [0.5, 0.6) is 5.75 Å². The van der Waals surface area contributed by atoms with Gasteiger partial charge in [-0.05, 0) is 42.0 Å². The SMILES string of the molecule is O=C1c2ccccc2C(=Nc2ccc(N=Cc3cc(Cl)cc(Cl)c3O)cc2)C1c1ccccc1. The molecule has 166 valence electrons. The normalized spacial score (nSPS) is 16.4. The van der Waals surface area contributed by atoms with E-state index in [-0.39, 0.29) is 16.6 Å². The highest BCUT2D eigenvalue weighted by atomic mass is 35.5. The molecule has 1 aliphatic carbocycles. The lowest BCUT2D eigenvalue weighted by atomic mass is 9.93. The van der Waals surface area contributed by atoms with Crippen LogP contribution in [0.2, 0.25) is 10.0 Å². The lowest BCUT2D eigenvalue weighted by Gasteiger charge is -2.11. The number of phenols is 1. The first kappa shape index (κ1) is 22.1. The van der Waals surface area contributed by atoms with Crippen LogP contribution in [0.3, 0.4) is 0 Å². The van der Waals surface area contributed by atoms with Gasteiger partial charge in [0.05, 0.1) is 28.0 Å². The number of ketones is 1. The zero-order chi connectivity index (χ0) is 23.7. The summed E-state index contributed by atoms with van der Waals surface area (Å²) in [6.45, 7) is 0. The van der Waals surface area contributed by atoms with Crippen molar-refractivity contribution in [3.05, 3.63) is 123 Å². The van der Waals surface area contributed by atoms with Crippen molar-refractivity contribution in [2.75, 3.05) is 0 Å². The first-order valence-corrected chi connectivity index (χ1v) is 11.4. The van der Waals surface area contributed by atoms with E-state index in [2.05, 4.69) is 4.99 Å². The van der Waals surface area contributed by atoms with Crippen LogP contribution in [-0.4, -0.2) is 22.8 Å². The fraction of sp³-hybridized carbons (Fsp3) is 0.0357. The highest BCUT2D eigenvalue weighted by Crippen LogP contribution is 2.36. The summed E-state index contributed by atoms with van der Waals surface area (Å²) in [5.41, 5.74) is 5.02. The van der Waals surface area contributed by atoms with E-state index < -0.39 is 5.92 Å². The van der Waals surface area contributed by atoms with Crippen molar-refractivity contribution in [1.82, 2.24) is 0 Å². The van der Waals surface area contributed by atoms with Gasteiger partial charge in [-0.15, -0.1) is 0 Å². The first-order chi connectivity index (χ1) is 16.5. The molecule has 0 amide bonds. The fourth-order valence-corrected chi connectivity index (χ4v) is 4.53. The monoisotopic (exact) mass is 484 g/mol. The van der Waals surface area contributed by atoms with E-state index >= 15 is 0 Å². The molecule has 4 aromatic carbocycles. The van der Waals surface area contributed by atoms with Crippen molar-refractivity contribution in [3.8, 4) is 5.75 Å². The minimum absolute atomic E-state index is 0.0572. The number of benzene rings is 4. The molecule has 0 radical (unpaired) electrons. The lowest BCUT2D eigenvalue weighted by Crippen LogP contribution is -2.13. The summed E-state index contributed by atoms with van der Waals surface area (Å²) in [7, 11) is 0. The Balaban J connectivity index is 1.48. The standard InChI is InChI=1S/C28H18Cl2N2O2/c29-19-14-18(27(33)24(30)15-19)16-31-20-10-12-21(13-11-20)32-26-22-8-4-5-9-23(22)28(34)25(26)17-6-2-1-3-7-17/h1-16,25,33H. The third kappa shape index (κ3) is 4.26. The minimum atomic E-state index is -0.438. The zero-order valence-electron chi connectivity index (χ0n) is 17.8. The summed E-state index contributed by atoms with van der Waals surface area (Å²) in [5, 5.41) is 10.7. The smallest absolute Gasteiger partial charge is 0.176 e. The van der Waals surface area contributed by atoms with Gasteiger partial charge in [0.15, 0.2) is 5.78 Å². The molecule has 6 heteroatoms. The van der Waals surface area contributed by atoms with Crippen LogP contribution >= 0.6 is 23.2 Å². The minimum Gasteiger partial charge on any atom is -0.506 e. The molecule has 4 aromatic rings. The molecular formula is C28H18Cl2N2O2. The van der Waals surface area contributed by atoms with E-state index in [1.165, 1.54) is 12.3 Å². The number of hydrogen-bond acceptors (Lipinski definition) is 4. The number of carbonyl (C=O) groups is 1. The van der Waals surface area contributed by atoms with E-state index in [1.807, 2.05) is 78.9 Å². The maximum absolute atomic E-state index is 13.2. The molecule has 1 atom stereocenters. The summed E-state index contributed by atoms with van der Waals surface area (Å²) in [6.07, 6.45) is 1.51. The molecule has 0 fully saturated rings. The molecule has 0 saturated carbocycles. The quantitative estimate of drug-likeness (QED) is 0.304. The highest BCUT2D eigenvalue weighted by Gasteiger charge is 2.37. The van der Waals surface area contributed by atoms with Gasteiger partial charge >= 0.3 is 0 Å². The summed E-state index contributed by atoms with van der Waals surface area (Å²) < 4.78 is 0. The van der Waals surface area contributed by atoms with Gasteiger partial charge in [-0.25, -0.2) is 0 Å². The molecule has 1 N–H and O–H groups in total. The topological polar surface area (TPSA) is 62.0 Å². The van der Waals surface area contributed by atoms with Gasteiger partial charge in [-0.3, -0.25) is 14.8 Å². The van der Waals surface area contributed by atoms with Gasteiger partial charge < -0.3 is 5.11 Å². The molecule has 4 nitrogen and oxygen atoms in total. The van der Waals surface area contributed by atoms with E-state index in [0.29, 0.717) is 27.5 Å². The highest BCUT2D eigenvalue weighted by molar-refractivity contribution is 6.36. The predicted octanol–water partition coefficient (Wildman–Crippen LogP) is 7.55. The number of carbonyl (C=O) groups excluding carboxylic acids is 1. The van der Waals surface area contributed by atoms with Gasteiger partial charge in [0, 0.05) is 27.9 Å². The van der Waals surface area contributed by atoms with Crippen molar-refractivity contribution < 1.29 is 9.90 Å². The second kappa shape index (κ2) is 9.26. The number of fused-ring (bicyclic) bond motifs is 1. The van der Waals surface area contributed by atoms with Crippen molar-refractivity contribution >= 4 is 52.3 Å². The van der Waals surface area contributed by atoms with Crippen LogP contribution in [0.25, 0.3) is 0 Å². The molecule has 0 aromatic heterocycles. The Bertz CT molecular complexity index is 1450. The molecule has 0 aliphatic heterocycles. The molecular weight excluding hydrogens is 467 g/mol. The summed E-state index contributed by atoms with van der Waals surface area (Å²) in [5.74, 6) is -0.456. The van der Waals surface area contributed by atoms with E-state index in [1.54, 1.807) is 6.07 Å². The van der Waals surface area contributed by atoms with Gasteiger partial charge in [-0.1, -0.05) is 77.8 Å². The van der Waals surface area contributed by atoms with Crippen LogP contribution in [0.15, 0.2) is 101 Å². The maximum atomic E-state index is 13.2. The molecule has 0 bridgehead atoms.